The van der Waals surface area contributed by atoms with Gasteiger partial charge in [0, 0.05) is 12.8 Å². The molecule has 1 aliphatic rings. The Labute approximate surface area is 162 Å². The normalized spacial score (nSPS) is 16.1. The van der Waals surface area contributed by atoms with Crippen molar-refractivity contribution in [1.29, 1.82) is 0 Å². The van der Waals surface area contributed by atoms with Crippen LogP contribution in [0.15, 0.2) is 18.2 Å². The number of likely N-dealkylation sites (tertiary alicyclic amines) is 1. The summed E-state index contributed by atoms with van der Waals surface area (Å²) in [7, 11) is 0. The van der Waals surface area contributed by atoms with E-state index in [9.17, 15) is 19.7 Å². The number of ether oxygens (including phenoxy) is 2. The maximum absolute atomic E-state index is 12.8. The third-order valence-electron chi connectivity index (χ3n) is 4.02. The molecule has 28 heavy (non-hydrogen) atoms. The van der Waals surface area contributed by atoms with E-state index in [2.05, 4.69) is 0 Å². The number of benzene rings is 1. The molecule has 0 aromatic heterocycles. The fraction of sp³-hybridized carbons (Fsp3) is 0.556. The molecule has 2 rings (SSSR count). The van der Waals surface area contributed by atoms with E-state index in [4.69, 9.17) is 19.4 Å². The van der Waals surface area contributed by atoms with Crippen LogP contribution in [0.3, 0.4) is 0 Å². The smallest absolute Gasteiger partial charge is 0.479 e. The Kier molecular flexibility index (Phi) is 6.45. The van der Waals surface area contributed by atoms with Gasteiger partial charge < -0.3 is 19.4 Å². The molecule has 10 heteroatoms. The summed E-state index contributed by atoms with van der Waals surface area (Å²) in [5.74, 6) is -1.35. The van der Waals surface area contributed by atoms with Gasteiger partial charge in [-0.15, -0.1) is 0 Å². The van der Waals surface area contributed by atoms with Gasteiger partial charge >= 0.3 is 17.7 Å². The van der Waals surface area contributed by atoms with Crippen molar-refractivity contribution in [2.45, 2.75) is 45.6 Å². The van der Waals surface area contributed by atoms with E-state index in [0.29, 0.717) is 13.1 Å². The van der Waals surface area contributed by atoms with Crippen LogP contribution in [0.5, 0.6) is 11.5 Å². The molecular formula is C18H25N2O8+. The summed E-state index contributed by atoms with van der Waals surface area (Å²) < 4.78 is 10.0. The van der Waals surface area contributed by atoms with E-state index in [1.54, 1.807) is 20.8 Å². The zero-order chi connectivity index (χ0) is 20.9. The predicted octanol–water partition coefficient (Wildman–Crippen LogP) is 3.29. The van der Waals surface area contributed by atoms with Gasteiger partial charge in [0.25, 0.3) is 0 Å². The molecule has 0 unspecified atom stereocenters. The molecule has 10 nitrogen and oxygen atoms in total. The highest BCUT2D eigenvalue weighted by atomic mass is 16.8. The van der Waals surface area contributed by atoms with Crippen molar-refractivity contribution in [2.75, 3.05) is 19.7 Å². The molecule has 1 saturated heterocycles. The van der Waals surface area contributed by atoms with Gasteiger partial charge in [-0.05, 0) is 44.0 Å². The van der Waals surface area contributed by atoms with E-state index in [1.165, 1.54) is 12.1 Å². The highest BCUT2D eigenvalue weighted by Gasteiger charge is 2.46. The van der Waals surface area contributed by atoms with E-state index >= 15 is 0 Å². The van der Waals surface area contributed by atoms with Gasteiger partial charge in [0.1, 0.15) is 18.7 Å². The lowest BCUT2D eigenvalue weighted by Crippen LogP contribution is -2.59. The van der Waals surface area contributed by atoms with Crippen molar-refractivity contribution in [3.63, 3.8) is 0 Å². The molecule has 0 aliphatic carbocycles. The standard InChI is InChI=1S/C18H24N2O8/c1-18(2,3)27-17(23)20(9-5-4-6-10-20)28-13-7-8-15(26-12-16(21)22)14(11-13)19(24)25/h7-8,11H,4-6,9-10,12H2,1-3H3/p+1. The zero-order valence-electron chi connectivity index (χ0n) is 16.2. The van der Waals surface area contributed by atoms with Crippen molar-refractivity contribution in [2.24, 2.45) is 0 Å². The molecule has 1 N–H and O–H groups in total. The Balaban J connectivity index is 2.31. The monoisotopic (exact) mass is 397 g/mol. The van der Waals surface area contributed by atoms with Crippen molar-refractivity contribution >= 4 is 17.7 Å². The summed E-state index contributed by atoms with van der Waals surface area (Å²) in [6, 6.07) is 3.78. The number of nitro benzene ring substituents is 1. The molecule has 1 amide bonds. The number of hydrogen-bond donors (Lipinski definition) is 1. The minimum atomic E-state index is -1.25. The highest BCUT2D eigenvalue weighted by Crippen LogP contribution is 2.34. The Bertz CT molecular complexity index is 750. The molecule has 1 heterocycles. The van der Waals surface area contributed by atoms with Gasteiger partial charge in [-0.2, -0.15) is 4.79 Å². The number of rotatable bonds is 6. The SMILES string of the molecule is CC(C)(C)OC(=O)[N+]1(Oc2ccc(OCC(=O)O)c([N+](=O)[O-])c2)CCCCC1. The molecule has 0 atom stereocenters. The number of piperidine rings is 1. The topological polar surface area (TPSA) is 125 Å². The minimum Gasteiger partial charge on any atom is -0.479 e. The number of carbonyl (C=O) groups excluding carboxylic acids is 1. The zero-order valence-corrected chi connectivity index (χ0v) is 16.2. The number of carboxylic acid groups (broad SMARTS) is 1. The summed E-state index contributed by atoms with van der Waals surface area (Å²) in [4.78, 5) is 40.0. The number of carbonyl (C=O) groups is 2. The Morgan fingerprint density at radius 3 is 2.39 bits per heavy atom. The first kappa shape index (κ1) is 21.4. The second-order valence-electron chi connectivity index (χ2n) is 7.54. The molecule has 1 fully saturated rings. The predicted molar refractivity (Wildman–Crippen MR) is 96.9 cm³/mol. The number of amides is 1. The fourth-order valence-corrected chi connectivity index (χ4v) is 2.84. The summed E-state index contributed by atoms with van der Waals surface area (Å²) in [6.45, 7) is 5.33. The van der Waals surface area contributed by atoms with E-state index < -0.39 is 39.5 Å². The number of aliphatic carboxylic acids is 1. The van der Waals surface area contributed by atoms with Crippen LogP contribution in [0.25, 0.3) is 0 Å². The van der Waals surface area contributed by atoms with Crippen molar-refractivity contribution in [3.8, 4) is 11.5 Å². The van der Waals surface area contributed by atoms with Gasteiger partial charge in [-0.3, -0.25) is 10.1 Å². The van der Waals surface area contributed by atoms with E-state index in [1.807, 2.05) is 0 Å². The lowest BCUT2D eigenvalue weighted by molar-refractivity contribution is -1.02. The summed E-state index contributed by atoms with van der Waals surface area (Å²) in [5.41, 5.74) is -1.15. The third-order valence-corrected chi connectivity index (χ3v) is 4.02. The van der Waals surface area contributed by atoms with Gasteiger partial charge in [-0.25, -0.2) is 4.79 Å². The summed E-state index contributed by atoms with van der Waals surface area (Å²) in [6.07, 6.45) is 1.90. The van der Waals surface area contributed by atoms with Crippen LogP contribution in [0.2, 0.25) is 0 Å². The molecular weight excluding hydrogens is 372 g/mol. The Morgan fingerprint density at radius 2 is 1.86 bits per heavy atom. The quantitative estimate of drug-likeness (QED) is 0.440. The molecule has 1 aromatic rings. The van der Waals surface area contributed by atoms with Gasteiger partial charge in [0.15, 0.2) is 18.1 Å². The van der Waals surface area contributed by atoms with Crippen LogP contribution < -0.4 is 9.57 Å². The average Bonchev–Trinajstić information content (AvgIpc) is 2.59. The Morgan fingerprint density at radius 1 is 1.21 bits per heavy atom. The molecule has 0 spiro atoms. The van der Waals surface area contributed by atoms with Crippen LogP contribution in [0.1, 0.15) is 40.0 Å². The average molecular weight is 397 g/mol. The minimum absolute atomic E-state index is 0.0992. The van der Waals surface area contributed by atoms with Gasteiger partial charge in [0.05, 0.1) is 11.0 Å². The molecule has 1 aliphatic heterocycles. The highest BCUT2D eigenvalue weighted by molar-refractivity contribution is 5.69. The van der Waals surface area contributed by atoms with E-state index in [-0.39, 0.29) is 11.5 Å². The van der Waals surface area contributed by atoms with Gasteiger partial charge in [0.2, 0.25) is 0 Å². The van der Waals surface area contributed by atoms with Crippen LogP contribution in [-0.2, 0) is 9.53 Å². The van der Waals surface area contributed by atoms with Crippen LogP contribution in [-0.4, -0.2) is 52.0 Å². The Hall–Kier alpha value is -2.88. The number of hydroxylamine groups is 3. The maximum atomic E-state index is 12.8. The van der Waals surface area contributed by atoms with Crippen LogP contribution in [0.4, 0.5) is 10.5 Å². The molecule has 0 bridgehead atoms. The molecule has 0 radical (unpaired) electrons. The largest absolute Gasteiger partial charge is 0.559 e. The van der Waals surface area contributed by atoms with Crippen LogP contribution in [0, 0.1) is 10.1 Å². The van der Waals surface area contributed by atoms with Gasteiger partial charge in [-0.1, -0.05) is 0 Å². The molecule has 154 valence electrons. The lowest BCUT2D eigenvalue weighted by Gasteiger charge is -2.36. The van der Waals surface area contributed by atoms with E-state index in [0.717, 1.165) is 25.3 Å². The number of nitrogens with zero attached hydrogens (tertiary/aromatic N) is 2. The first-order chi connectivity index (χ1) is 13.0. The van der Waals surface area contributed by atoms with Crippen molar-refractivity contribution < 1.29 is 38.6 Å². The van der Waals surface area contributed by atoms with Crippen LogP contribution >= 0.6 is 0 Å². The first-order valence-electron chi connectivity index (χ1n) is 8.96. The van der Waals surface area contributed by atoms with Crippen molar-refractivity contribution in [1.82, 2.24) is 0 Å². The summed E-state index contributed by atoms with van der Waals surface area (Å²) >= 11 is 0. The fourth-order valence-electron chi connectivity index (χ4n) is 2.84. The van der Waals surface area contributed by atoms with Crippen molar-refractivity contribution in [3.05, 3.63) is 28.3 Å². The first-order valence-corrected chi connectivity index (χ1v) is 8.96. The maximum Gasteiger partial charge on any atom is 0.559 e. The molecule has 0 saturated carbocycles. The second-order valence-corrected chi connectivity index (χ2v) is 7.54. The number of quaternary nitrogens is 1. The second kappa shape index (κ2) is 8.42. The summed E-state index contributed by atoms with van der Waals surface area (Å²) in [5, 5.41) is 20.0. The molecule has 1 aromatic carbocycles. The number of hydrogen-bond acceptors (Lipinski definition) is 7. The number of nitro groups is 1. The third kappa shape index (κ3) is 5.56. The number of carboxylic acids is 1. The lowest BCUT2D eigenvalue weighted by atomic mass is 10.1.